The molecule has 1 aliphatic rings. The Bertz CT molecular complexity index is 1350. The van der Waals surface area contributed by atoms with E-state index in [-0.39, 0.29) is 11.3 Å². The smallest absolute Gasteiger partial charge is 0.490 e. The molecule has 3 aromatic carbocycles. The van der Waals surface area contributed by atoms with E-state index in [1.165, 1.54) is 17.7 Å². The van der Waals surface area contributed by atoms with Crippen LogP contribution in [0.5, 0.6) is 5.75 Å². The SMILES string of the molecule is O=C(Nc1cccc(CN2CCCN(Cc3ccc(O)cc3)CC2)c1)c1cccc(C(F)(F)F)c1.O=C(O)C(F)(F)F. The normalized spacial score (nSPS) is 14.8. The van der Waals surface area contributed by atoms with Crippen LogP contribution in [-0.2, 0) is 24.1 Å². The Morgan fingerprint density at radius 2 is 1.33 bits per heavy atom. The number of anilines is 1. The van der Waals surface area contributed by atoms with Crippen LogP contribution >= 0.6 is 0 Å². The van der Waals surface area contributed by atoms with Crippen molar-refractivity contribution < 1.29 is 46.1 Å². The number of carbonyl (C=O) groups excluding carboxylic acids is 1. The molecule has 0 spiro atoms. The molecule has 1 fully saturated rings. The Kier molecular flexibility index (Phi) is 10.9. The van der Waals surface area contributed by atoms with E-state index in [0.29, 0.717) is 5.69 Å². The third-order valence-corrected chi connectivity index (χ3v) is 6.31. The highest BCUT2D eigenvalue weighted by Crippen LogP contribution is 2.29. The number of aliphatic carboxylic acids is 1. The van der Waals surface area contributed by atoms with Gasteiger partial charge in [-0.3, -0.25) is 14.6 Å². The number of nitrogens with one attached hydrogen (secondary N) is 1. The van der Waals surface area contributed by atoms with Gasteiger partial charge in [-0.2, -0.15) is 26.3 Å². The first-order chi connectivity index (χ1) is 19.7. The van der Waals surface area contributed by atoms with Crippen molar-refractivity contribution >= 4 is 17.6 Å². The fourth-order valence-corrected chi connectivity index (χ4v) is 4.25. The van der Waals surface area contributed by atoms with Crippen molar-refractivity contribution in [3.05, 3.63) is 95.1 Å². The highest BCUT2D eigenvalue weighted by molar-refractivity contribution is 6.04. The van der Waals surface area contributed by atoms with Crippen LogP contribution in [0.15, 0.2) is 72.8 Å². The number of hydrogen-bond donors (Lipinski definition) is 3. The van der Waals surface area contributed by atoms with Gasteiger partial charge in [0.15, 0.2) is 0 Å². The maximum absolute atomic E-state index is 13.0. The van der Waals surface area contributed by atoms with E-state index in [0.717, 1.165) is 63.4 Å². The average Bonchev–Trinajstić information content (AvgIpc) is 3.14. The number of nitrogens with zero attached hydrogens (tertiary/aromatic N) is 2. The first-order valence-corrected chi connectivity index (χ1v) is 12.8. The van der Waals surface area contributed by atoms with Crippen LogP contribution in [0.3, 0.4) is 0 Å². The molecule has 1 heterocycles. The van der Waals surface area contributed by atoms with Gasteiger partial charge in [-0.25, -0.2) is 4.79 Å². The molecule has 1 amide bonds. The molecular formula is C29H29F6N3O4. The van der Waals surface area contributed by atoms with Crippen molar-refractivity contribution in [3.63, 3.8) is 0 Å². The summed E-state index contributed by atoms with van der Waals surface area (Å²) in [4.78, 5) is 26.2. The summed E-state index contributed by atoms with van der Waals surface area (Å²) in [6.07, 6.45) is -8.55. The lowest BCUT2D eigenvalue weighted by molar-refractivity contribution is -0.192. The second-order valence-electron chi connectivity index (χ2n) is 9.61. The number of phenols is 1. The lowest BCUT2D eigenvalue weighted by Gasteiger charge is -2.22. The Morgan fingerprint density at radius 3 is 1.90 bits per heavy atom. The van der Waals surface area contributed by atoms with Crippen molar-refractivity contribution in [3.8, 4) is 5.75 Å². The van der Waals surface area contributed by atoms with E-state index in [2.05, 4.69) is 15.1 Å². The molecular weight excluding hydrogens is 568 g/mol. The fraction of sp³-hybridized carbons (Fsp3) is 0.310. The Labute approximate surface area is 238 Å². The number of alkyl halides is 6. The molecule has 42 heavy (non-hydrogen) atoms. The predicted molar refractivity (Wildman–Crippen MR) is 143 cm³/mol. The summed E-state index contributed by atoms with van der Waals surface area (Å²) in [6, 6.07) is 19.1. The van der Waals surface area contributed by atoms with Gasteiger partial charge >= 0.3 is 18.3 Å². The molecule has 0 atom stereocenters. The van der Waals surface area contributed by atoms with E-state index < -0.39 is 29.8 Å². The third-order valence-electron chi connectivity index (χ3n) is 6.31. The highest BCUT2D eigenvalue weighted by atomic mass is 19.4. The number of phenolic OH excluding ortho intramolecular Hbond substituents is 1. The molecule has 3 N–H and O–H groups in total. The van der Waals surface area contributed by atoms with Crippen LogP contribution in [0.4, 0.5) is 32.0 Å². The number of halogens is 6. The molecule has 1 saturated heterocycles. The van der Waals surface area contributed by atoms with Gasteiger partial charge in [-0.15, -0.1) is 0 Å². The Balaban J connectivity index is 0.000000616. The zero-order chi connectivity index (χ0) is 30.9. The van der Waals surface area contributed by atoms with Crippen LogP contribution in [0, 0.1) is 0 Å². The van der Waals surface area contributed by atoms with Gasteiger partial charge in [0.2, 0.25) is 0 Å². The molecule has 0 aliphatic carbocycles. The summed E-state index contributed by atoms with van der Waals surface area (Å²) in [5, 5.41) is 19.3. The summed E-state index contributed by atoms with van der Waals surface area (Å²) < 4.78 is 70.6. The molecule has 226 valence electrons. The molecule has 7 nitrogen and oxygen atoms in total. The van der Waals surface area contributed by atoms with Crippen LogP contribution in [0.2, 0.25) is 0 Å². The number of aromatic hydroxyl groups is 1. The molecule has 0 radical (unpaired) electrons. The number of hydrogen-bond acceptors (Lipinski definition) is 5. The van der Waals surface area contributed by atoms with Gasteiger partial charge in [0, 0.05) is 37.4 Å². The topological polar surface area (TPSA) is 93.1 Å². The van der Waals surface area contributed by atoms with Crippen molar-refractivity contribution in [2.75, 3.05) is 31.5 Å². The molecule has 0 bridgehead atoms. The van der Waals surface area contributed by atoms with Gasteiger partial charge in [-0.1, -0.05) is 30.3 Å². The summed E-state index contributed by atoms with van der Waals surface area (Å²) in [7, 11) is 0. The summed E-state index contributed by atoms with van der Waals surface area (Å²) in [6.45, 7) is 5.33. The van der Waals surface area contributed by atoms with E-state index in [1.807, 2.05) is 30.3 Å². The molecule has 0 saturated carbocycles. The number of amides is 1. The Morgan fingerprint density at radius 1 is 0.762 bits per heavy atom. The predicted octanol–water partition coefficient (Wildman–Crippen LogP) is 6.00. The maximum atomic E-state index is 13.0. The van der Waals surface area contributed by atoms with Gasteiger partial charge in [0.25, 0.3) is 5.91 Å². The summed E-state index contributed by atoms with van der Waals surface area (Å²) in [5.41, 5.74) is 1.86. The second-order valence-corrected chi connectivity index (χ2v) is 9.61. The van der Waals surface area contributed by atoms with E-state index in [1.54, 1.807) is 18.2 Å². The van der Waals surface area contributed by atoms with Crippen LogP contribution < -0.4 is 5.32 Å². The fourth-order valence-electron chi connectivity index (χ4n) is 4.25. The van der Waals surface area contributed by atoms with Gasteiger partial charge < -0.3 is 15.5 Å². The van der Waals surface area contributed by atoms with Crippen molar-refractivity contribution in [2.45, 2.75) is 31.9 Å². The monoisotopic (exact) mass is 597 g/mol. The highest BCUT2D eigenvalue weighted by Gasteiger charge is 2.38. The average molecular weight is 598 g/mol. The quantitative estimate of drug-likeness (QED) is 0.302. The van der Waals surface area contributed by atoms with Gasteiger partial charge in [-0.05, 0) is 73.1 Å². The lowest BCUT2D eigenvalue weighted by atomic mass is 10.1. The molecule has 0 unspecified atom stereocenters. The second kappa shape index (κ2) is 14.2. The Hall–Kier alpha value is -4.10. The van der Waals surface area contributed by atoms with Crippen molar-refractivity contribution in [1.82, 2.24) is 9.80 Å². The maximum Gasteiger partial charge on any atom is 0.490 e. The number of carboxylic acids is 1. The van der Waals surface area contributed by atoms with Gasteiger partial charge in [0.05, 0.1) is 5.56 Å². The molecule has 13 heteroatoms. The lowest BCUT2D eigenvalue weighted by Crippen LogP contribution is -2.30. The number of carboxylic acid groups (broad SMARTS) is 1. The van der Waals surface area contributed by atoms with Gasteiger partial charge in [0.1, 0.15) is 5.75 Å². The minimum atomic E-state index is -5.08. The van der Waals surface area contributed by atoms with Crippen LogP contribution in [-0.4, -0.2) is 64.2 Å². The largest absolute Gasteiger partial charge is 0.508 e. The summed E-state index contributed by atoms with van der Waals surface area (Å²) in [5.74, 6) is -3.07. The van der Waals surface area contributed by atoms with E-state index in [4.69, 9.17) is 9.90 Å². The summed E-state index contributed by atoms with van der Waals surface area (Å²) >= 11 is 0. The number of benzene rings is 3. The third kappa shape index (κ3) is 10.4. The zero-order valence-corrected chi connectivity index (χ0v) is 22.3. The molecule has 0 aromatic heterocycles. The zero-order valence-electron chi connectivity index (χ0n) is 22.3. The number of carbonyl (C=O) groups is 2. The number of rotatable bonds is 6. The standard InChI is InChI=1S/C27H28F3N3O2.C2HF3O2/c28-27(29,30)23-6-2-5-22(17-23)26(35)31-24-7-1-4-21(16-24)19-33-13-3-12-32(14-15-33)18-20-8-10-25(34)11-9-20;3-2(4,5)1(6)7/h1-2,4-11,16-17,34H,3,12-15,18-19H2,(H,31,35);(H,6,7). The van der Waals surface area contributed by atoms with Crippen LogP contribution in [0.1, 0.15) is 33.5 Å². The van der Waals surface area contributed by atoms with Crippen molar-refractivity contribution in [2.24, 2.45) is 0 Å². The molecule has 3 aromatic rings. The van der Waals surface area contributed by atoms with E-state index in [9.17, 15) is 36.2 Å². The first kappa shape index (κ1) is 32.4. The molecule has 1 aliphatic heterocycles. The molecule has 4 rings (SSSR count). The van der Waals surface area contributed by atoms with Crippen LogP contribution in [0.25, 0.3) is 0 Å². The minimum Gasteiger partial charge on any atom is -0.508 e. The minimum absolute atomic E-state index is 0.0357. The first-order valence-electron chi connectivity index (χ1n) is 12.8. The van der Waals surface area contributed by atoms with E-state index >= 15 is 0 Å². The van der Waals surface area contributed by atoms with Crippen molar-refractivity contribution in [1.29, 1.82) is 0 Å².